The van der Waals surface area contributed by atoms with Crippen LogP contribution in [0.5, 0.6) is 0 Å². The lowest BCUT2D eigenvalue weighted by atomic mass is 9.83. The van der Waals surface area contributed by atoms with E-state index in [1.165, 1.54) is 0 Å². The molecule has 1 heterocycles. The third kappa shape index (κ3) is 3.23. The first-order valence-electron chi connectivity index (χ1n) is 6.99. The molecule has 0 spiro atoms. The maximum absolute atomic E-state index is 12.6. The molecule has 0 aromatic heterocycles. The molecule has 1 aliphatic rings. The summed E-state index contributed by atoms with van der Waals surface area (Å²) in [5, 5.41) is 12.2. The quantitative estimate of drug-likeness (QED) is 0.901. The number of benzene rings is 1. The lowest BCUT2D eigenvalue weighted by Gasteiger charge is -2.27. The van der Waals surface area contributed by atoms with Crippen molar-refractivity contribution in [2.75, 3.05) is 11.5 Å². The van der Waals surface area contributed by atoms with Gasteiger partial charge in [0.25, 0.3) is 5.91 Å². The summed E-state index contributed by atoms with van der Waals surface area (Å²) in [4.78, 5) is 24.1. The number of thioether (sulfide) groups is 1. The molecular formula is C16H21NO3S. The summed E-state index contributed by atoms with van der Waals surface area (Å²) in [6.45, 7) is 6.12. The van der Waals surface area contributed by atoms with Crippen LogP contribution in [-0.2, 0) is 10.2 Å². The van der Waals surface area contributed by atoms with E-state index in [2.05, 4.69) is 5.32 Å². The van der Waals surface area contributed by atoms with E-state index < -0.39 is 11.5 Å². The molecule has 0 saturated carbocycles. The van der Waals surface area contributed by atoms with Crippen molar-refractivity contribution >= 4 is 23.6 Å². The first-order chi connectivity index (χ1) is 9.76. The van der Waals surface area contributed by atoms with Gasteiger partial charge in [-0.3, -0.25) is 4.79 Å². The minimum Gasteiger partial charge on any atom is -0.479 e. The number of hydrogen-bond donors (Lipinski definition) is 2. The molecule has 0 bridgehead atoms. The monoisotopic (exact) mass is 307 g/mol. The number of amides is 1. The van der Waals surface area contributed by atoms with Crippen LogP contribution in [-0.4, -0.2) is 34.0 Å². The molecule has 0 radical (unpaired) electrons. The molecule has 1 aromatic carbocycles. The molecule has 4 nitrogen and oxygen atoms in total. The van der Waals surface area contributed by atoms with Gasteiger partial charge in [0.1, 0.15) is 5.54 Å². The Morgan fingerprint density at radius 3 is 2.48 bits per heavy atom. The zero-order valence-corrected chi connectivity index (χ0v) is 13.4. The van der Waals surface area contributed by atoms with Gasteiger partial charge in [-0.2, -0.15) is 11.8 Å². The standard InChI is InChI=1S/C16H21NO3S/c1-15(2,3)12-7-5-4-6-11(12)13(18)17-16(14(19)20)8-9-21-10-16/h4-7H,8-10H2,1-3H3,(H,17,18)(H,19,20). The fraction of sp³-hybridized carbons (Fsp3) is 0.500. The topological polar surface area (TPSA) is 66.4 Å². The van der Waals surface area contributed by atoms with Gasteiger partial charge in [-0.05, 0) is 29.2 Å². The molecule has 2 N–H and O–H groups in total. The van der Waals surface area contributed by atoms with E-state index in [1.807, 2.05) is 32.9 Å². The van der Waals surface area contributed by atoms with Crippen LogP contribution in [0.1, 0.15) is 43.1 Å². The number of rotatable bonds is 3. The molecule has 1 aromatic rings. The van der Waals surface area contributed by atoms with Crippen LogP contribution in [0.3, 0.4) is 0 Å². The van der Waals surface area contributed by atoms with E-state index in [4.69, 9.17) is 0 Å². The van der Waals surface area contributed by atoms with Crippen LogP contribution in [0.25, 0.3) is 0 Å². The van der Waals surface area contributed by atoms with Crippen molar-refractivity contribution in [3.05, 3.63) is 35.4 Å². The zero-order chi connectivity index (χ0) is 15.7. The Hall–Kier alpha value is -1.49. The summed E-state index contributed by atoms with van der Waals surface area (Å²) in [5.74, 6) is -0.0706. The second-order valence-electron chi connectivity index (χ2n) is 6.44. The lowest BCUT2D eigenvalue weighted by molar-refractivity contribution is -0.143. The van der Waals surface area contributed by atoms with Crippen LogP contribution in [0.15, 0.2) is 24.3 Å². The second-order valence-corrected chi connectivity index (χ2v) is 7.54. The maximum atomic E-state index is 12.6. The highest BCUT2D eigenvalue weighted by atomic mass is 32.2. The van der Waals surface area contributed by atoms with Gasteiger partial charge in [0.15, 0.2) is 0 Å². The molecule has 21 heavy (non-hydrogen) atoms. The van der Waals surface area contributed by atoms with Crippen molar-refractivity contribution in [2.45, 2.75) is 38.1 Å². The van der Waals surface area contributed by atoms with Gasteiger partial charge >= 0.3 is 5.97 Å². The molecule has 2 rings (SSSR count). The molecule has 1 amide bonds. The highest BCUT2D eigenvalue weighted by Crippen LogP contribution is 2.30. The van der Waals surface area contributed by atoms with Crippen molar-refractivity contribution in [1.82, 2.24) is 5.32 Å². The number of hydrogen-bond acceptors (Lipinski definition) is 3. The first-order valence-corrected chi connectivity index (χ1v) is 8.15. The third-order valence-electron chi connectivity index (χ3n) is 3.76. The van der Waals surface area contributed by atoms with Gasteiger partial charge in [0.05, 0.1) is 0 Å². The number of carboxylic acid groups (broad SMARTS) is 1. The Bertz CT molecular complexity index is 557. The average Bonchev–Trinajstić information content (AvgIpc) is 2.87. The number of carbonyl (C=O) groups excluding carboxylic acids is 1. The van der Waals surface area contributed by atoms with Crippen molar-refractivity contribution in [2.24, 2.45) is 0 Å². The summed E-state index contributed by atoms with van der Waals surface area (Å²) in [6.07, 6.45) is 0.469. The largest absolute Gasteiger partial charge is 0.479 e. The van der Waals surface area contributed by atoms with E-state index in [0.717, 1.165) is 11.3 Å². The van der Waals surface area contributed by atoms with Gasteiger partial charge in [-0.1, -0.05) is 39.0 Å². The molecule has 1 aliphatic heterocycles. The molecule has 1 fully saturated rings. The fourth-order valence-electron chi connectivity index (χ4n) is 2.51. The van der Waals surface area contributed by atoms with Crippen LogP contribution >= 0.6 is 11.8 Å². The minimum absolute atomic E-state index is 0.172. The van der Waals surface area contributed by atoms with Crippen molar-refractivity contribution in [1.29, 1.82) is 0 Å². The van der Waals surface area contributed by atoms with Gasteiger partial charge in [-0.25, -0.2) is 4.79 Å². The predicted octanol–water partition coefficient (Wildman–Crippen LogP) is 2.67. The first kappa shape index (κ1) is 15.9. The van der Waals surface area contributed by atoms with Crippen molar-refractivity contribution in [3.8, 4) is 0 Å². The van der Waals surface area contributed by atoms with Crippen LogP contribution in [0, 0.1) is 0 Å². The van der Waals surface area contributed by atoms with E-state index in [9.17, 15) is 14.7 Å². The Kier molecular flexibility index (Phi) is 4.33. The summed E-state index contributed by atoms with van der Waals surface area (Å²) in [5.41, 5.74) is 0.179. The van der Waals surface area contributed by atoms with Crippen molar-refractivity contribution < 1.29 is 14.7 Å². The second kappa shape index (κ2) is 5.72. The van der Waals surface area contributed by atoms with Gasteiger partial charge < -0.3 is 10.4 Å². The lowest BCUT2D eigenvalue weighted by Crippen LogP contribution is -2.55. The highest BCUT2D eigenvalue weighted by molar-refractivity contribution is 7.99. The van der Waals surface area contributed by atoms with E-state index in [1.54, 1.807) is 23.9 Å². The number of nitrogens with one attached hydrogen (secondary N) is 1. The highest BCUT2D eigenvalue weighted by Gasteiger charge is 2.43. The fourth-order valence-corrected chi connectivity index (χ4v) is 3.83. The zero-order valence-electron chi connectivity index (χ0n) is 12.6. The molecule has 1 saturated heterocycles. The number of carboxylic acids is 1. The Labute approximate surface area is 129 Å². The van der Waals surface area contributed by atoms with Crippen LogP contribution in [0.4, 0.5) is 0 Å². The smallest absolute Gasteiger partial charge is 0.330 e. The van der Waals surface area contributed by atoms with E-state index >= 15 is 0 Å². The van der Waals surface area contributed by atoms with Crippen molar-refractivity contribution in [3.63, 3.8) is 0 Å². The van der Waals surface area contributed by atoms with Gasteiger partial charge in [-0.15, -0.1) is 0 Å². The minimum atomic E-state index is -1.13. The Balaban J connectivity index is 2.31. The van der Waals surface area contributed by atoms with Crippen LogP contribution in [0.2, 0.25) is 0 Å². The summed E-state index contributed by atoms with van der Waals surface area (Å²) in [7, 11) is 0. The molecule has 114 valence electrons. The number of carbonyl (C=O) groups is 2. The van der Waals surface area contributed by atoms with E-state index in [-0.39, 0.29) is 11.3 Å². The summed E-state index contributed by atoms with van der Waals surface area (Å²) < 4.78 is 0. The molecule has 0 aliphatic carbocycles. The third-order valence-corrected chi connectivity index (χ3v) is 4.95. The molecule has 5 heteroatoms. The Morgan fingerprint density at radius 2 is 1.95 bits per heavy atom. The van der Waals surface area contributed by atoms with Gasteiger partial charge in [0.2, 0.25) is 0 Å². The summed E-state index contributed by atoms with van der Waals surface area (Å²) in [6, 6.07) is 7.38. The molecule has 1 unspecified atom stereocenters. The Morgan fingerprint density at radius 1 is 1.29 bits per heavy atom. The molecule has 1 atom stereocenters. The maximum Gasteiger partial charge on any atom is 0.330 e. The van der Waals surface area contributed by atoms with Gasteiger partial charge in [0, 0.05) is 11.3 Å². The van der Waals surface area contributed by atoms with E-state index in [0.29, 0.717) is 17.7 Å². The predicted molar refractivity (Wildman–Crippen MR) is 84.9 cm³/mol. The average molecular weight is 307 g/mol. The normalized spacial score (nSPS) is 22.0. The summed E-state index contributed by atoms with van der Waals surface area (Å²) >= 11 is 1.56. The molecular weight excluding hydrogens is 286 g/mol. The SMILES string of the molecule is CC(C)(C)c1ccccc1C(=O)NC1(C(=O)O)CCSC1. The van der Waals surface area contributed by atoms with Crippen LogP contribution < -0.4 is 5.32 Å². The number of aliphatic carboxylic acids is 1.